The maximum absolute atomic E-state index is 12.2. The maximum atomic E-state index is 12.2. The van der Waals surface area contributed by atoms with E-state index in [0.717, 1.165) is 0 Å². The third-order valence-electron chi connectivity index (χ3n) is 2.73. The Bertz CT molecular complexity index is 454. The van der Waals surface area contributed by atoms with Crippen LogP contribution in [0.15, 0.2) is 24.5 Å². The molecule has 1 atom stereocenters. The van der Waals surface area contributed by atoms with Crippen LogP contribution in [0.2, 0.25) is 0 Å². The van der Waals surface area contributed by atoms with E-state index in [2.05, 4.69) is 4.98 Å². The van der Waals surface area contributed by atoms with Crippen molar-refractivity contribution in [3.05, 3.63) is 24.5 Å². The van der Waals surface area contributed by atoms with Crippen LogP contribution in [0, 0.1) is 0 Å². The van der Waals surface area contributed by atoms with Gasteiger partial charge in [-0.25, -0.2) is 9.59 Å². The lowest BCUT2D eigenvalue weighted by molar-refractivity contribution is -0.140. The van der Waals surface area contributed by atoms with Crippen molar-refractivity contribution >= 4 is 29.4 Å². The van der Waals surface area contributed by atoms with Gasteiger partial charge in [-0.15, -0.1) is 11.8 Å². The molecule has 1 N–H and O–H groups in total. The van der Waals surface area contributed by atoms with Gasteiger partial charge < -0.3 is 10.0 Å². The van der Waals surface area contributed by atoms with Crippen LogP contribution in [0.1, 0.15) is 0 Å². The summed E-state index contributed by atoms with van der Waals surface area (Å²) in [5.74, 6) is -0.129. The van der Waals surface area contributed by atoms with Gasteiger partial charge in [-0.3, -0.25) is 9.88 Å². The second-order valence-corrected chi connectivity index (χ2v) is 4.88. The average molecular weight is 267 g/mol. The maximum Gasteiger partial charge on any atom is 0.327 e. The third kappa shape index (κ3) is 2.40. The van der Waals surface area contributed by atoms with Crippen molar-refractivity contribution in [1.82, 2.24) is 9.88 Å². The van der Waals surface area contributed by atoms with E-state index in [1.165, 1.54) is 21.6 Å². The molecule has 6 nitrogen and oxygen atoms in total. The highest BCUT2D eigenvalue weighted by molar-refractivity contribution is 7.99. The molecule has 1 unspecified atom stereocenters. The Kier molecular flexibility index (Phi) is 3.71. The van der Waals surface area contributed by atoms with E-state index in [1.807, 2.05) is 0 Å². The van der Waals surface area contributed by atoms with Gasteiger partial charge in [0.15, 0.2) is 0 Å². The first kappa shape index (κ1) is 12.7. The number of hydrogen-bond donors (Lipinski definition) is 1. The number of nitrogens with zero attached hydrogens (tertiary/aromatic N) is 3. The summed E-state index contributed by atoms with van der Waals surface area (Å²) in [6.07, 6.45) is 3.18. The third-order valence-corrected chi connectivity index (χ3v) is 3.75. The van der Waals surface area contributed by atoms with Gasteiger partial charge in [-0.1, -0.05) is 0 Å². The van der Waals surface area contributed by atoms with Gasteiger partial charge in [0.2, 0.25) is 0 Å². The number of aliphatic carboxylic acids is 1. The minimum Gasteiger partial charge on any atom is -0.480 e. The van der Waals surface area contributed by atoms with Crippen LogP contribution in [0.25, 0.3) is 0 Å². The molecule has 0 bridgehead atoms. The number of carbonyl (C=O) groups is 2. The molecule has 7 heteroatoms. The Morgan fingerprint density at radius 3 is 3.00 bits per heavy atom. The number of hydrogen-bond acceptors (Lipinski definition) is 4. The van der Waals surface area contributed by atoms with Gasteiger partial charge in [-0.2, -0.15) is 0 Å². The van der Waals surface area contributed by atoms with Gasteiger partial charge in [0.25, 0.3) is 0 Å². The summed E-state index contributed by atoms with van der Waals surface area (Å²) in [4.78, 5) is 30.0. The van der Waals surface area contributed by atoms with Crippen LogP contribution >= 0.6 is 11.8 Å². The molecule has 1 aromatic rings. The number of carbonyl (C=O) groups excluding carboxylic acids is 1. The molecule has 1 aromatic heterocycles. The predicted molar refractivity (Wildman–Crippen MR) is 68.6 cm³/mol. The molecule has 0 spiro atoms. The summed E-state index contributed by atoms with van der Waals surface area (Å²) in [6, 6.07) is 2.41. The Labute approximate surface area is 109 Å². The monoisotopic (exact) mass is 267 g/mol. The minimum absolute atomic E-state index is 0.319. The summed E-state index contributed by atoms with van der Waals surface area (Å²) in [5.41, 5.74) is 0.642. The molecule has 0 aliphatic carbocycles. The van der Waals surface area contributed by atoms with E-state index in [9.17, 15) is 9.59 Å². The molecule has 0 radical (unpaired) electrons. The topological polar surface area (TPSA) is 73.7 Å². The highest BCUT2D eigenvalue weighted by atomic mass is 32.2. The van der Waals surface area contributed by atoms with E-state index in [0.29, 0.717) is 17.3 Å². The molecular formula is C11H13N3O3S. The highest BCUT2D eigenvalue weighted by Crippen LogP contribution is 2.23. The summed E-state index contributed by atoms with van der Waals surface area (Å²) in [6.45, 7) is 0. The highest BCUT2D eigenvalue weighted by Gasteiger charge is 2.36. The van der Waals surface area contributed by atoms with Crippen LogP contribution in [0.4, 0.5) is 10.5 Å². The van der Waals surface area contributed by atoms with Crippen LogP contribution < -0.4 is 4.90 Å². The van der Waals surface area contributed by atoms with Crippen LogP contribution in [-0.4, -0.2) is 51.7 Å². The number of amides is 2. The van der Waals surface area contributed by atoms with Gasteiger partial charge in [-0.05, 0) is 12.1 Å². The van der Waals surface area contributed by atoms with Gasteiger partial charge >= 0.3 is 12.0 Å². The van der Waals surface area contributed by atoms with Crippen molar-refractivity contribution in [2.24, 2.45) is 0 Å². The largest absolute Gasteiger partial charge is 0.480 e. The van der Waals surface area contributed by atoms with Gasteiger partial charge in [0, 0.05) is 19.0 Å². The Morgan fingerprint density at radius 2 is 2.39 bits per heavy atom. The number of thioether (sulfide) groups is 1. The Hall–Kier alpha value is -1.76. The molecule has 1 aliphatic heterocycles. The number of carboxylic acid groups (broad SMARTS) is 1. The minimum atomic E-state index is -0.965. The van der Waals surface area contributed by atoms with Gasteiger partial charge in [0.05, 0.1) is 17.8 Å². The summed E-state index contributed by atoms with van der Waals surface area (Å²) >= 11 is 1.44. The number of aromatic nitrogens is 1. The van der Waals surface area contributed by atoms with E-state index in [4.69, 9.17) is 5.11 Å². The van der Waals surface area contributed by atoms with E-state index < -0.39 is 12.0 Å². The standard InChI is InChI=1S/C11H13N3O3S/c1-13(8-3-2-4-12-5-8)11(17)14-7-18-6-9(14)10(15)16/h2-5,9H,6-7H2,1H3,(H,15,16). The molecule has 0 saturated carbocycles. The van der Waals surface area contributed by atoms with E-state index in [-0.39, 0.29) is 6.03 Å². The van der Waals surface area contributed by atoms with Crippen molar-refractivity contribution < 1.29 is 14.7 Å². The molecule has 1 fully saturated rings. The number of urea groups is 1. The summed E-state index contributed by atoms with van der Waals surface area (Å²) in [7, 11) is 1.61. The predicted octanol–water partition coefficient (Wildman–Crippen LogP) is 1.10. The smallest absolute Gasteiger partial charge is 0.327 e. The number of carboxylic acids is 1. The fourth-order valence-corrected chi connectivity index (χ4v) is 2.83. The van der Waals surface area contributed by atoms with Crippen molar-refractivity contribution in [2.45, 2.75) is 6.04 Å². The van der Waals surface area contributed by atoms with Crippen molar-refractivity contribution in [3.63, 3.8) is 0 Å². The SMILES string of the molecule is CN(C(=O)N1CSCC1C(=O)O)c1cccnc1. The van der Waals surface area contributed by atoms with Crippen molar-refractivity contribution in [2.75, 3.05) is 23.6 Å². The second kappa shape index (κ2) is 5.26. The molecule has 2 heterocycles. The molecule has 0 aromatic carbocycles. The molecule has 18 heavy (non-hydrogen) atoms. The quantitative estimate of drug-likeness (QED) is 0.868. The molecule has 1 saturated heterocycles. The number of pyridine rings is 1. The average Bonchev–Trinajstić information content (AvgIpc) is 2.87. The van der Waals surface area contributed by atoms with Crippen LogP contribution in [-0.2, 0) is 4.79 Å². The summed E-state index contributed by atoms with van der Waals surface area (Å²) in [5, 5.41) is 9.05. The summed E-state index contributed by atoms with van der Waals surface area (Å²) < 4.78 is 0. The molecule has 2 amide bonds. The molecule has 1 aliphatic rings. The van der Waals surface area contributed by atoms with Crippen LogP contribution in [0.5, 0.6) is 0 Å². The van der Waals surface area contributed by atoms with Gasteiger partial charge in [0.1, 0.15) is 6.04 Å². The fourth-order valence-electron chi connectivity index (χ4n) is 1.69. The first-order valence-electron chi connectivity index (χ1n) is 5.36. The normalized spacial score (nSPS) is 18.7. The van der Waals surface area contributed by atoms with E-state index >= 15 is 0 Å². The lowest BCUT2D eigenvalue weighted by Gasteiger charge is -2.26. The fraction of sp³-hybridized carbons (Fsp3) is 0.364. The molecule has 2 rings (SSSR count). The lowest BCUT2D eigenvalue weighted by Crippen LogP contribution is -2.47. The van der Waals surface area contributed by atoms with Crippen molar-refractivity contribution in [3.8, 4) is 0 Å². The first-order chi connectivity index (χ1) is 8.61. The molecule has 96 valence electrons. The lowest BCUT2D eigenvalue weighted by atomic mass is 10.3. The first-order valence-corrected chi connectivity index (χ1v) is 6.51. The Morgan fingerprint density at radius 1 is 1.61 bits per heavy atom. The zero-order chi connectivity index (χ0) is 13.1. The van der Waals surface area contributed by atoms with E-state index in [1.54, 1.807) is 31.6 Å². The number of rotatable bonds is 2. The Balaban J connectivity index is 2.14. The van der Waals surface area contributed by atoms with Crippen LogP contribution in [0.3, 0.4) is 0 Å². The zero-order valence-corrected chi connectivity index (χ0v) is 10.6. The van der Waals surface area contributed by atoms with Crippen molar-refractivity contribution in [1.29, 1.82) is 0 Å². The zero-order valence-electron chi connectivity index (χ0n) is 9.81. The number of anilines is 1. The molecular weight excluding hydrogens is 254 g/mol. The second-order valence-electron chi connectivity index (χ2n) is 3.88.